The number of ether oxygens (including phenoxy) is 4. The molecule has 2 rings (SSSR count). The van der Waals surface area contributed by atoms with Gasteiger partial charge in [-0.25, -0.2) is 4.79 Å². The molecule has 1 fully saturated rings. The summed E-state index contributed by atoms with van der Waals surface area (Å²) < 4.78 is 20.4. The van der Waals surface area contributed by atoms with E-state index in [1.807, 2.05) is 0 Å². The van der Waals surface area contributed by atoms with Crippen LogP contribution in [0.4, 0.5) is 0 Å². The third-order valence-electron chi connectivity index (χ3n) is 4.41. The number of rotatable bonds is 9. The number of hydrogen-bond acceptors (Lipinski definition) is 11. The molecule has 0 radical (unpaired) electrons. The Bertz CT molecular complexity index is 720. The monoisotopic (exact) mass is 430 g/mol. The van der Waals surface area contributed by atoms with Crippen molar-refractivity contribution in [3.05, 3.63) is 29.8 Å². The number of hydrogen-bond donors (Lipinski definition) is 6. The fraction of sp³-hybridized carbons (Fsp3) is 0.526. The third kappa shape index (κ3) is 6.12. The molecule has 6 atom stereocenters. The summed E-state index contributed by atoms with van der Waals surface area (Å²) >= 11 is 0. The highest BCUT2D eigenvalue weighted by molar-refractivity contribution is 5.87. The van der Waals surface area contributed by atoms with Crippen molar-refractivity contribution < 1.29 is 54.4 Å². The van der Waals surface area contributed by atoms with Crippen LogP contribution in [0.3, 0.4) is 0 Å². The van der Waals surface area contributed by atoms with Crippen LogP contribution in [0, 0.1) is 0 Å². The first-order chi connectivity index (χ1) is 14.3. The number of esters is 1. The van der Waals surface area contributed by atoms with Gasteiger partial charge in [-0.1, -0.05) is 6.07 Å². The van der Waals surface area contributed by atoms with E-state index in [4.69, 9.17) is 18.9 Å². The van der Waals surface area contributed by atoms with Crippen molar-refractivity contribution in [2.45, 2.75) is 36.8 Å². The minimum atomic E-state index is -1.64. The molecule has 1 saturated heterocycles. The summed E-state index contributed by atoms with van der Waals surface area (Å²) in [6.07, 6.45) is -6.00. The smallest absolute Gasteiger partial charge is 0.330 e. The van der Waals surface area contributed by atoms with Gasteiger partial charge in [0.25, 0.3) is 0 Å². The molecule has 1 aliphatic rings. The van der Waals surface area contributed by atoms with E-state index in [0.29, 0.717) is 5.56 Å². The van der Waals surface area contributed by atoms with Crippen LogP contribution in [0.25, 0.3) is 6.08 Å². The van der Waals surface area contributed by atoms with E-state index in [1.165, 1.54) is 25.3 Å². The van der Waals surface area contributed by atoms with Gasteiger partial charge in [-0.05, 0) is 23.8 Å². The molecule has 1 aromatic carbocycles. The van der Waals surface area contributed by atoms with Crippen molar-refractivity contribution in [1.82, 2.24) is 0 Å². The van der Waals surface area contributed by atoms with Crippen molar-refractivity contribution in [2.75, 3.05) is 26.9 Å². The van der Waals surface area contributed by atoms with Gasteiger partial charge in [0.15, 0.2) is 17.8 Å². The number of aromatic hydroxyl groups is 1. The third-order valence-corrected chi connectivity index (χ3v) is 4.41. The van der Waals surface area contributed by atoms with Gasteiger partial charge in [0, 0.05) is 6.08 Å². The van der Waals surface area contributed by atoms with Gasteiger partial charge < -0.3 is 49.6 Å². The average molecular weight is 430 g/mol. The van der Waals surface area contributed by atoms with Crippen LogP contribution in [0.15, 0.2) is 24.3 Å². The van der Waals surface area contributed by atoms with Crippen LogP contribution in [0.5, 0.6) is 11.5 Å². The maximum atomic E-state index is 11.9. The molecule has 0 unspecified atom stereocenters. The van der Waals surface area contributed by atoms with Gasteiger partial charge in [-0.15, -0.1) is 0 Å². The molecular formula is C19H26O11. The highest BCUT2D eigenvalue weighted by Gasteiger charge is 2.44. The molecule has 6 N–H and O–H groups in total. The van der Waals surface area contributed by atoms with Crippen molar-refractivity contribution in [3.8, 4) is 11.5 Å². The summed E-state index contributed by atoms with van der Waals surface area (Å²) in [7, 11) is 1.39. The molecule has 0 spiro atoms. The molecule has 0 aromatic heterocycles. The van der Waals surface area contributed by atoms with Gasteiger partial charge in [0.2, 0.25) is 0 Å². The number of aliphatic hydroxyl groups excluding tert-OH is 5. The number of phenolic OH excluding ortho intramolecular Hbond substituents is 1. The number of aliphatic hydroxyl groups is 5. The van der Waals surface area contributed by atoms with Gasteiger partial charge in [-0.3, -0.25) is 0 Å². The molecule has 11 heteroatoms. The second-order valence-electron chi connectivity index (χ2n) is 6.53. The number of carbonyl (C=O) groups excluding carboxylic acids is 1. The van der Waals surface area contributed by atoms with Crippen molar-refractivity contribution in [2.24, 2.45) is 0 Å². The van der Waals surface area contributed by atoms with Crippen LogP contribution in [-0.4, -0.2) is 100 Å². The quantitative estimate of drug-likeness (QED) is 0.191. The standard InChI is InChI=1S/C19H26O11/c1-27-13-6-10(2-4-12(13)22)3-5-15(23)28-9-11(7-20)29-19-18(26)17(25)16(24)14(8-21)30-19/h2-6,11,14,16-22,24-26H,7-9H2,1H3/t11-,14+,16+,17-,18+,19+/m0/s1. The van der Waals surface area contributed by atoms with Gasteiger partial charge in [0.1, 0.15) is 37.1 Å². The first-order valence-corrected chi connectivity index (χ1v) is 9.09. The Morgan fingerprint density at radius 3 is 2.57 bits per heavy atom. The lowest BCUT2D eigenvalue weighted by molar-refractivity contribution is -0.315. The molecule has 0 aliphatic carbocycles. The zero-order valence-corrected chi connectivity index (χ0v) is 16.2. The predicted molar refractivity (Wildman–Crippen MR) is 100 cm³/mol. The van der Waals surface area contributed by atoms with E-state index >= 15 is 0 Å². The molecule has 30 heavy (non-hydrogen) atoms. The van der Waals surface area contributed by atoms with Crippen molar-refractivity contribution in [1.29, 1.82) is 0 Å². The highest BCUT2D eigenvalue weighted by Crippen LogP contribution is 2.27. The normalized spacial score (nSPS) is 27.7. The lowest BCUT2D eigenvalue weighted by atomic mass is 9.99. The van der Waals surface area contributed by atoms with E-state index in [0.717, 1.165) is 6.08 Å². The molecule has 1 heterocycles. The van der Waals surface area contributed by atoms with Gasteiger partial charge in [0.05, 0.1) is 20.3 Å². The number of phenols is 1. The predicted octanol–water partition coefficient (Wildman–Crippen LogP) is -1.87. The lowest BCUT2D eigenvalue weighted by Gasteiger charge is -2.40. The molecular weight excluding hydrogens is 404 g/mol. The second kappa shape index (κ2) is 11.2. The summed E-state index contributed by atoms with van der Waals surface area (Å²) in [6.45, 7) is -1.62. The SMILES string of the molecule is COc1cc(C=CC(=O)OC[C@H](CO)O[C@@H]2O[C@H](CO)[C@@H](O)[C@H](O)[C@H]2O)ccc1O. The first kappa shape index (κ1) is 24.0. The fourth-order valence-corrected chi connectivity index (χ4v) is 2.69. The zero-order valence-electron chi connectivity index (χ0n) is 16.2. The maximum absolute atomic E-state index is 11.9. The van der Waals surface area contributed by atoms with E-state index < -0.39 is 62.6 Å². The Labute approximate surface area is 172 Å². The molecule has 0 saturated carbocycles. The number of benzene rings is 1. The van der Waals surface area contributed by atoms with Gasteiger partial charge >= 0.3 is 5.97 Å². The first-order valence-electron chi connectivity index (χ1n) is 9.09. The molecule has 0 amide bonds. The summed E-state index contributed by atoms with van der Waals surface area (Å²) in [5.41, 5.74) is 0.567. The largest absolute Gasteiger partial charge is 0.504 e. The van der Waals surface area contributed by atoms with E-state index in [9.17, 15) is 35.4 Å². The Balaban J connectivity index is 1.89. The summed E-state index contributed by atoms with van der Waals surface area (Å²) in [5, 5.41) is 57.6. The molecule has 11 nitrogen and oxygen atoms in total. The number of carbonyl (C=O) groups is 1. The second-order valence-corrected chi connectivity index (χ2v) is 6.53. The molecule has 1 aromatic rings. The molecule has 168 valence electrons. The maximum Gasteiger partial charge on any atom is 0.330 e. The minimum absolute atomic E-state index is 0.0478. The Morgan fingerprint density at radius 1 is 1.20 bits per heavy atom. The topological polar surface area (TPSA) is 175 Å². The average Bonchev–Trinajstić information content (AvgIpc) is 2.75. The lowest BCUT2D eigenvalue weighted by Crippen LogP contribution is -2.60. The van der Waals surface area contributed by atoms with Crippen LogP contribution in [-0.2, 0) is 19.0 Å². The Hall–Kier alpha value is -2.25. The molecule has 0 bridgehead atoms. The Kier molecular flexibility index (Phi) is 8.99. The minimum Gasteiger partial charge on any atom is -0.504 e. The van der Waals surface area contributed by atoms with E-state index in [2.05, 4.69) is 0 Å². The van der Waals surface area contributed by atoms with Gasteiger partial charge in [-0.2, -0.15) is 0 Å². The van der Waals surface area contributed by atoms with E-state index in [1.54, 1.807) is 6.07 Å². The summed E-state index contributed by atoms with van der Waals surface area (Å²) in [6, 6.07) is 4.47. The fourth-order valence-electron chi connectivity index (χ4n) is 2.69. The summed E-state index contributed by atoms with van der Waals surface area (Å²) in [5.74, 6) is -0.565. The van der Waals surface area contributed by atoms with Crippen molar-refractivity contribution >= 4 is 12.0 Å². The van der Waals surface area contributed by atoms with Crippen LogP contribution in [0.1, 0.15) is 5.56 Å². The van der Waals surface area contributed by atoms with E-state index in [-0.39, 0.29) is 11.5 Å². The van der Waals surface area contributed by atoms with Crippen molar-refractivity contribution in [3.63, 3.8) is 0 Å². The zero-order chi connectivity index (χ0) is 22.3. The van der Waals surface area contributed by atoms with Crippen LogP contribution in [0.2, 0.25) is 0 Å². The Morgan fingerprint density at radius 2 is 1.93 bits per heavy atom. The van der Waals surface area contributed by atoms with Crippen LogP contribution < -0.4 is 4.74 Å². The summed E-state index contributed by atoms with van der Waals surface area (Å²) in [4.78, 5) is 11.9. The number of methoxy groups -OCH3 is 1. The van der Waals surface area contributed by atoms with Crippen LogP contribution >= 0.6 is 0 Å². The highest BCUT2D eigenvalue weighted by atomic mass is 16.7. The molecule has 1 aliphatic heterocycles.